The molecule has 0 aliphatic carbocycles. The number of anilines is 1. The number of halogens is 1. The average molecular weight is 241 g/mol. The second kappa shape index (κ2) is 6.59. The van der Waals surface area contributed by atoms with Gasteiger partial charge in [-0.1, -0.05) is 12.1 Å². The van der Waals surface area contributed by atoms with Crippen LogP contribution in [0.15, 0.2) is 24.3 Å². The zero-order valence-corrected chi connectivity index (χ0v) is 9.23. The van der Waals surface area contributed by atoms with Crippen molar-refractivity contribution in [3.63, 3.8) is 0 Å². The Morgan fingerprint density at radius 3 is 2.65 bits per heavy atom. The Hall–Kier alpha value is -1.95. The molecular weight excluding hydrogens is 229 g/mol. The van der Waals surface area contributed by atoms with Crippen molar-refractivity contribution >= 4 is 17.6 Å². The third kappa shape index (κ3) is 4.60. The molecule has 5 nitrogen and oxygen atoms in total. The fraction of sp³-hybridized carbons (Fsp3) is 0.273. The van der Waals surface area contributed by atoms with Gasteiger partial charge in [-0.3, -0.25) is 4.79 Å². The van der Waals surface area contributed by atoms with Crippen LogP contribution in [0.3, 0.4) is 0 Å². The number of carbonyl (C=O) groups is 2. The van der Waals surface area contributed by atoms with Gasteiger partial charge in [0, 0.05) is 7.11 Å². The summed E-state index contributed by atoms with van der Waals surface area (Å²) in [6, 6.07) is 5.70. The zero-order valence-electron chi connectivity index (χ0n) is 9.23. The summed E-state index contributed by atoms with van der Waals surface area (Å²) >= 11 is 0. The first-order valence-electron chi connectivity index (χ1n) is 4.82. The number of hydrogen-bond acceptors (Lipinski definition) is 4. The number of esters is 1. The van der Waals surface area contributed by atoms with Crippen LogP contribution in [0.2, 0.25) is 0 Å². The number of carbonyl (C=O) groups excluding carboxylic acids is 2. The van der Waals surface area contributed by atoms with Gasteiger partial charge < -0.3 is 14.8 Å². The monoisotopic (exact) mass is 241 g/mol. The number of benzene rings is 1. The predicted molar refractivity (Wildman–Crippen MR) is 57.9 cm³/mol. The Kier molecular flexibility index (Phi) is 5.09. The van der Waals surface area contributed by atoms with Crippen molar-refractivity contribution in [3.8, 4) is 0 Å². The summed E-state index contributed by atoms with van der Waals surface area (Å²) in [5, 5.41) is 2.28. The Labute approximate surface area is 97.5 Å². The van der Waals surface area contributed by atoms with Gasteiger partial charge >= 0.3 is 5.97 Å². The minimum atomic E-state index is -0.656. The summed E-state index contributed by atoms with van der Waals surface area (Å²) in [7, 11) is 1.33. The molecule has 6 heteroatoms. The van der Waals surface area contributed by atoms with Crippen molar-refractivity contribution in [1.82, 2.24) is 0 Å². The lowest BCUT2D eigenvalue weighted by Crippen LogP contribution is -2.22. The van der Waals surface area contributed by atoms with E-state index in [0.717, 1.165) is 0 Å². The molecule has 92 valence electrons. The number of amides is 1. The molecule has 0 unspecified atom stereocenters. The van der Waals surface area contributed by atoms with Crippen molar-refractivity contribution in [2.24, 2.45) is 0 Å². The molecule has 0 atom stereocenters. The summed E-state index contributed by atoms with van der Waals surface area (Å²) < 4.78 is 22.2. The van der Waals surface area contributed by atoms with Crippen LogP contribution in [0.5, 0.6) is 0 Å². The zero-order chi connectivity index (χ0) is 12.7. The van der Waals surface area contributed by atoms with Crippen LogP contribution < -0.4 is 5.32 Å². The molecule has 1 aromatic carbocycles. The SMILES string of the molecule is COCC(=O)OCC(=O)Nc1ccccc1F. The molecule has 0 radical (unpaired) electrons. The van der Waals surface area contributed by atoms with Crippen LogP contribution in [0.1, 0.15) is 0 Å². The highest BCUT2D eigenvalue weighted by molar-refractivity contribution is 5.92. The smallest absolute Gasteiger partial charge is 0.332 e. The fourth-order valence-corrected chi connectivity index (χ4v) is 1.05. The van der Waals surface area contributed by atoms with E-state index >= 15 is 0 Å². The minimum absolute atomic E-state index is 0.0419. The summed E-state index contributed by atoms with van der Waals surface area (Å²) in [5.74, 6) is -1.82. The molecule has 0 aliphatic rings. The van der Waals surface area contributed by atoms with Crippen LogP contribution >= 0.6 is 0 Å². The van der Waals surface area contributed by atoms with Crippen LogP contribution in [-0.4, -0.2) is 32.2 Å². The molecular formula is C11H12FNO4. The molecule has 1 aromatic rings. The van der Waals surface area contributed by atoms with Gasteiger partial charge in [-0.05, 0) is 12.1 Å². The average Bonchev–Trinajstić information content (AvgIpc) is 2.30. The molecule has 17 heavy (non-hydrogen) atoms. The molecule has 0 saturated carbocycles. The van der Waals surface area contributed by atoms with Gasteiger partial charge in [-0.15, -0.1) is 0 Å². The third-order valence-corrected chi connectivity index (χ3v) is 1.77. The van der Waals surface area contributed by atoms with E-state index in [1.54, 1.807) is 6.07 Å². The molecule has 1 N–H and O–H groups in total. The second-order valence-corrected chi connectivity index (χ2v) is 3.12. The third-order valence-electron chi connectivity index (χ3n) is 1.77. The lowest BCUT2D eigenvalue weighted by Gasteiger charge is -2.06. The number of para-hydroxylation sites is 1. The topological polar surface area (TPSA) is 64.6 Å². The van der Waals surface area contributed by atoms with Crippen LogP contribution in [0, 0.1) is 5.82 Å². The summed E-state index contributed by atoms with van der Waals surface area (Å²) in [4.78, 5) is 22.1. The van der Waals surface area contributed by atoms with E-state index in [2.05, 4.69) is 14.8 Å². The summed E-state index contributed by atoms with van der Waals surface area (Å²) in [6.45, 7) is -0.705. The lowest BCUT2D eigenvalue weighted by molar-refractivity contribution is -0.150. The highest BCUT2D eigenvalue weighted by Gasteiger charge is 2.09. The maximum Gasteiger partial charge on any atom is 0.332 e. The van der Waals surface area contributed by atoms with Gasteiger partial charge in [-0.25, -0.2) is 9.18 Å². The molecule has 1 rings (SSSR count). The summed E-state index contributed by atoms with van der Waals surface area (Å²) in [6.07, 6.45) is 0. The van der Waals surface area contributed by atoms with E-state index in [4.69, 9.17) is 0 Å². The first-order chi connectivity index (χ1) is 8.13. The molecule has 0 heterocycles. The Balaban J connectivity index is 2.40. The van der Waals surface area contributed by atoms with E-state index in [-0.39, 0.29) is 12.3 Å². The quantitative estimate of drug-likeness (QED) is 0.779. The predicted octanol–water partition coefficient (Wildman–Crippen LogP) is 0.954. The number of ether oxygens (including phenoxy) is 2. The first-order valence-corrected chi connectivity index (χ1v) is 4.82. The van der Waals surface area contributed by atoms with E-state index in [1.165, 1.54) is 25.3 Å². The van der Waals surface area contributed by atoms with Crippen molar-refractivity contribution in [1.29, 1.82) is 0 Å². The van der Waals surface area contributed by atoms with Gasteiger partial charge in [0.1, 0.15) is 12.4 Å². The van der Waals surface area contributed by atoms with Crippen LogP contribution in [0.25, 0.3) is 0 Å². The Morgan fingerprint density at radius 2 is 2.00 bits per heavy atom. The summed E-state index contributed by atoms with van der Waals surface area (Å²) in [5.41, 5.74) is 0.0419. The molecule has 0 spiro atoms. The van der Waals surface area contributed by atoms with Crippen molar-refractivity contribution in [2.75, 3.05) is 25.6 Å². The van der Waals surface area contributed by atoms with Crippen LogP contribution in [-0.2, 0) is 19.1 Å². The van der Waals surface area contributed by atoms with Gasteiger partial charge in [0.2, 0.25) is 0 Å². The van der Waals surface area contributed by atoms with Gasteiger partial charge in [0.05, 0.1) is 5.69 Å². The van der Waals surface area contributed by atoms with E-state index in [1.807, 2.05) is 0 Å². The van der Waals surface area contributed by atoms with Gasteiger partial charge in [-0.2, -0.15) is 0 Å². The van der Waals surface area contributed by atoms with Crippen molar-refractivity contribution < 1.29 is 23.5 Å². The Morgan fingerprint density at radius 1 is 1.29 bits per heavy atom. The van der Waals surface area contributed by atoms with Crippen molar-refractivity contribution in [3.05, 3.63) is 30.1 Å². The highest BCUT2D eigenvalue weighted by Crippen LogP contribution is 2.11. The molecule has 0 aliphatic heterocycles. The number of hydrogen-bond donors (Lipinski definition) is 1. The van der Waals surface area contributed by atoms with Gasteiger partial charge in [0.15, 0.2) is 6.61 Å². The lowest BCUT2D eigenvalue weighted by atomic mass is 10.3. The molecule has 0 bridgehead atoms. The van der Waals surface area contributed by atoms with Gasteiger partial charge in [0.25, 0.3) is 5.91 Å². The number of rotatable bonds is 5. The second-order valence-electron chi connectivity index (χ2n) is 3.12. The van der Waals surface area contributed by atoms with Crippen LogP contribution in [0.4, 0.5) is 10.1 Å². The normalized spacial score (nSPS) is 9.76. The number of nitrogens with one attached hydrogen (secondary N) is 1. The highest BCUT2D eigenvalue weighted by atomic mass is 19.1. The van der Waals surface area contributed by atoms with Crippen molar-refractivity contribution in [2.45, 2.75) is 0 Å². The fourth-order valence-electron chi connectivity index (χ4n) is 1.05. The molecule has 0 saturated heterocycles. The maximum atomic E-state index is 13.1. The Bertz CT molecular complexity index is 408. The standard InChI is InChI=1S/C11H12FNO4/c1-16-7-11(15)17-6-10(14)13-9-5-3-2-4-8(9)12/h2-5H,6-7H2,1H3,(H,13,14). The van der Waals surface area contributed by atoms with E-state index in [0.29, 0.717) is 0 Å². The van der Waals surface area contributed by atoms with E-state index in [9.17, 15) is 14.0 Å². The first kappa shape index (κ1) is 13.1. The maximum absolute atomic E-state index is 13.1. The molecule has 0 fully saturated rings. The molecule has 1 amide bonds. The molecule has 0 aromatic heterocycles. The van der Waals surface area contributed by atoms with E-state index < -0.39 is 24.3 Å². The minimum Gasteiger partial charge on any atom is -0.454 e. The number of methoxy groups -OCH3 is 1. The largest absolute Gasteiger partial charge is 0.454 e.